The van der Waals surface area contributed by atoms with E-state index in [4.69, 9.17) is 4.74 Å². The van der Waals surface area contributed by atoms with Gasteiger partial charge in [0, 0.05) is 25.9 Å². The van der Waals surface area contributed by atoms with E-state index in [1.807, 2.05) is 0 Å². The van der Waals surface area contributed by atoms with Crippen LogP contribution in [0.25, 0.3) is 0 Å². The number of ether oxygens (including phenoxy) is 1. The summed E-state index contributed by atoms with van der Waals surface area (Å²) >= 11 is 0. The highest BCUT2D eigenvalue weighted by Crippen LogP contribution is 2.12. The van der Waals surface area contributed by atoms with Gasteiger partial charge in [-0.1, -0.05) is 0 Å². The molecule has 2 N–H and O–H groups in total. The number of aromatic nitrogens is 3. The Labute approximate surface area is 115 Å². The second-order valence-electron chi connectivity index (χ2n) is 3.97. The van der Waals surface area contributed by atoms with Gasteiger partial charge < -0.3 is 9.30 Å². The molecule has 0 atom stereocenters. The van der Waals surface area contributed by atoms with Crippen molar-refractivity contribution in [2.45, 2.75) is 11.6 Å². The lowest BCUT2D eigenvalue weighted by atomic mass is 10.4. The third-order valence-corrected chi connectivity index (χ3v) is 3.85. The molecule has 0 spiro atoms. The minimum Gasteiger partial charge on any atom is -0.383 e. The molecule has 2 aromatic heterocycles. The number of methoxy groups -OCH3 is 1. The molecule has 0 saturated carbocycles. The molecule has 0 unspecified atom stereocenters. The quantitative estimate of drug-likeness (QED) is 0.782. The molecule has 0 fully saturated rings. The second-order valence-corrected chi connectivity index (χ2v) is 5.62. The number of rotatable bonds is 6. The predicted molar refractivity (Wildman–Crippen MR) is 72.0 cm³/mol. The molecule has 0 aliphatic rings. The highest BCUT2D eigenvalue weighted by molar-refractivity contribution is 7.92. The molecule has 108 valence electrons. The molecule has 0 aromatic carbocycles. The van der Waals surface area contributed by atoms with Crippen LogP contribution in [0.15, 0.2) is 40.4 Å². The summed E-state index contributed by atoms with van der Waals surface area (Å²) in [6.07, 6.45) is 2.77. The van der Waals surface area contributed by atoms with Gasteiger partial charge in [0.15, 0.2) is 5.03 Å². The van der Waals surface area contributed by atoms with Gasteiger partial charge >= 0.3 is 0 Å². The van der Waals surface area contributed by atoms with Crippen LogP contribution in [0.5, 0.6) is 0 Å². The van der Waals surface area contributed by atoms with Gasteiger partial charge in [-0.3, -0.25) is 14.6 Å². The van der Waals surface area contributed by atoms with E-state index in [1.54, 1.807) is 0 Å². The Morgan fingerprint density at radius 2 is 2.20 bits per heavy atom. The van der Waals surface area contributed by atoms with Crippen LogP contribution in [0.2, 0.25) is 0 Å². The number of hydrogen-bond donors (Lipinski definition) is 2. The fraction of sp³-hybridized carbons (Fsp3) is 0.273. The molecule has 20 heavy (non-hydrogen) atoms. The number of nitrogens with one attached hydrogen (secondary N) is 2. The first-order chi connectivity index (χ1) is 9.53. The molecular formula is C11H14N4O4S. The van der Waals surface area contributed by atoms with Crippen LogP contribution in [0.4, 0.5) is 5.69 Å². The zero-order valence-corrected chi connectivity index (χ0v) is 11.6. The molecular weight excluding hydrogens is 284 g/mol. The first-order valence-corrected chi connectivity index (χ1v) is 7.23. The van der Waals surface area contributed by atoms with Crippen molar-refractivity contribution in [3.05, 3.63) is 40.9 Å². The van der Waals surface area contributed by atoms with Gasteiger partial charge in [-0.2, -0.15) is 13.5 Å². The van der Waals surface area contributed by atoms with Crippen molar-refractivity contribution in [1.29, 1.82) is 0 Å². The van der Waals surface area contributed by atoms with Gasteiger partial charge in [0.25, 0.3) is 15.6 Å². The summed E-state index contributed by atoms with van der Waals surface area (Å²) in [6, 6.07) is 4.03. The van der Waals surface area contributed by atoms with Crippen LogP contribution in [-0.2, 0) is 21.3 Å². The Morgan fingerprint density at radius 3 is 2.85 bits per heavy atom. The van der Waals surface area contributed by atoms with Crippen LogP contribution in [0.3, 0.4) is 0 Å². The van der Waals surface area contributed by atoms with Crippen molar-refractivity contribution in [3.63, 3.8) is 0 Å². The molecule has 0 aliphatic carbocycles. The largest absolute Gasteiger partial charge is 0.383 e. The predicted octanol–water partition coefficient (Wildman–Crippen LogP) is 0.0186. The van der Waals surface area contributed by atoms with Gasteiger partial charge in [-0.15, -0.1) is 0 Å². The van der Waals surface area contributed by atoms with Gasteiger partial charge in [0.05, 0.1) is 18.5 Å². The standard InChI is InChI=1S/C11H14N4O4S/c1-19-7-6-15-8-9(2-3-11(15)16)14-20(17,18)10-4-5-12-13-10/h2-5,8,14H,6-7H2,1H3,(H,12,13). The molecule has 2 heterocycles. The lowest BCUT2D eigenvalue weighted by molar-refractivity contribution is 0.186. The third-order valence-electron chi connectivity index (χ3n) is 2.54. The number of nitrogens with zero attached hydrogens (tertiary/aromatic N) is 2. The maximum atomic E-state index is 12.0. The fourth-order valence-corrected chi connectivity index (χ4v) is 2.51. The summed E-state index contributed by atoms with van der Waals surface area (Å²) in [4.78, 5) is 11.6. The summed E-state index contributed by atoms with van der Waals surface area (Å²) in [5.41, 5.74) is 0.0573. The van der Waals surface area contributed by atoms with Gasteiger partial charge in [-0.05, 0) is 12.1 Å². The van der Waals surface area contributed by atoms with E-state index < -0.39 is 10.0 Å². The normalized spacial score (nSPS) is 11.4. The van der Waals surface area contributed by atoms with Crippen molar-refractivity contribution < 1.29 is 13.2 Å². The summed E-state index contributed by atoms with van der Waals surface area (Å²) in [5, 5.41) is 5.91. The average Bonchev–Trinajstić information content (AvgIpc) is 2.94. The highest BCUT2D eigenvalue weighted by Gasteiger charge is 2.15. The lowest BCUT2D eigenvalue weighted by Gasteiger charge is -2.09. The lowest BCUT2D eigenvalue weighted by Crippen LogP contribution is -2.22. The van der Waals surface area contributed by atoms with E-state index in [9.17, 15) is 13.2 Å². The van der Waals surface area contributed by atoms with Gasteiger partial charge in [0.2, 0.25) is 0 Å². The molecule has 2 rings (SSSR count). The van der Waals surface area contributed by atoms with Crippen molar-refractivity contribution in [2.24, 2.45) is 0 Å². The highest BCUT2D eigenvalue weighted by atomic mass is 32.2. The number of sulfonamides is 1. The van der Waals surface area contributed by atoms with Gasteiger partial charge in [0.1, 0.15) is 0 Å². The summed E-state index contributed by atoms with van der Waals surface area (Å²) in [5.74, 6) is 0. The van der Waals surface area contributed by atoms with E-state index in [2.05, 4.69) is 14.9 Å². The minimum absolute atomic E-state index is 0.0489. The SMILES string of the molecule is COCCn1cc(NS(=O)(=O)c2ccn[nH]2)ccc1=O. The Hall–Kier alpha value is -2.13. The maximum Gasteiger partial charge on any atom is 0.278 e. The van der Waals surface area contributed by atoms with Gasteiger partial charge in [-0.25, -0.2) is 0 Å². The molecule has 0 radical (unpaired) electrons. The van der Waals surface area contributed by atoms with Crippen LogP contribution in [0.1, 0.15) is 0 Å². The fourth-order valence-electron chi connectivity index (χ4n) is 1.56. The molecule has 2 aromatic rings. The number of H-pyrrole nitrogens is 1. The van der Waals surface area contributed by atoms with Crippen molar-refractivity contribution in [3.8, 4) is 0 Å². The third kappa shape index (κ3) is 3.25. The van der Waals surface area contributed by atoms with E-state index in [1.165, 1.54) is 42.3 Å². The number of pyridine rings is 1. The van der Waals surface area contributed by atoms with E-state index in [-0.39, 0.29) is 16.3 Å². The summed E-state index contributed by atoms with van der Waals surface area (Å²) in [7, 11) is -2.21. The first-order valence-electron chi connectivity index (χ1n) is 5.74. The van der Waals surface area contributed by atoms with Crippen molar-refractivity contribution in [1.82, 2.24) is 14.8 Å². The number of aromatic amines is 1. The van der Waals surface area contributed by atoms with Crippen LogP contribution < -0.4 is 10.3 Å². The Kier molecular flexibility index (Phi) is 4.20. The monoisotopic (exact) mass is 298 g/mol. The van der Waals surface area contributed by atoms with Crippen molar-refractivity contribution in [2.75, 3.05) is 18.4 Å². The molecule has 9 heteroatoms. The van der Waals surface area contributed by atoms with E-state index in [0.29, 0.717) is 13.2 Å². The first kappa shape index (κ1) is 14.3. The molecule has 0 saturated heterocycles. The average molecular weight is 298 g/mol. The summed E-state index contributed by atoms with van der Waals surface area (Å²) in [6.45, 7) is 0.700. The van der Waals surface area contributed by atoms with Crippen molar-refractivity contribution >= 4 is 15.7 Å². The molecule has 0 aliphatic heterocycles. The second kappa shape index (κ2) is 5.88. The topological polar surface area (TPSA) is 106 Å². The van der Waals surface area contributed by atoms with E-state index >= 15 is 0 Å². The Balaban J connectivity index is 2.24. The maximum absolute atomic E-state index is 12.0. The zero-order chi connectivity index (χ0) is 14.6. The smallest absolute Gasteiger partial charge is 0.278 e. The van der Waals surface area contributed by atoms with Crippen LogP contribution >= 0.6 is 0 Å². The molecule has 0 bridgehead atoms. The molecule has 8 nitrogen and oxygen atoms in total. The van der Waals surface area contributed by atoms with E-state index in [0.717, 1.165) is 0 Å². The zero-order valence-electron chi connectivity index (χ0n) is 10.7. The Bertz CT molecular complexity index is 721. The molecule has 0 amide bonds. The summed E-state index contributed by atoms with van der Waals surface area (Å²) < 4.78 is 32.6. The Morgan fingerprint density at radius 1 is 1.40 bits per heavy atom. The minimum atomic E-state index is -3.73. The van der Waals surface area contributed by atoms with Crippen LogP contribution in [0, 0.1) is 0 Å². The number of hydrogen-bond acceptors (Lipinski definition) is 5. The van der Waals surface area contributed by atoms with Crippen LogP contribution in [-0.4, -0.2) is 36.9 Å². The number of anilines is 1.